The summed E-state index contributed by atoms with van der Waals surface area (Å²) in [5.74, 6) is -0.304. The Labute approximate surface area is 182 Å². The summed E-state index contributed by atoms with van der Waals surface area (Å²) in [5.41, 5.74) is -0.00587. The maximum Gasteiger partial charge on any atom is 0.240 e. The first-order chi connectivity index (χ1) is 14.5. The van der Waals surface area contributed by atoms with Gasteiger partial charge in [-0.2, -0.15) is 0 Å². The van der Waals surface area contributed by atoms with Crippen molar-refractivity contribution in [2.75, 3.05) is 52.5 Å². The number of hydrogen-bond donors (Lipinski definition) is 1. The third-order valence-electron chi connectivity index (χ3n) is 6.72. The van der Waals surface area contributed by atoms with E-state index < -0.39 is 5.54 Å². The molecule has 1 aromatic carbocycles. The smallest absolute Gasteiger partial charge is 0.240 e. The maximum absolute atomic E-state index is 14.8. The highest BCUT2D eigenvalue weighted by molar-refractivity contribution is 6.31. The Morgan fingerprint density at radius 2 is 2.07 bits per heavy atom. The summed E-state index contributed by atoms with van der Waals surface area (Å²) >= 11 is 6.41. The molecule has 2 aliphatic heterocycles. The summed E-state index contributed by atoms with van der Waals surface area (Å²) in [6.07, 6.45) is 2.82. The molecule has 3 aliphatic rings. The Hall–Kier alpha value is -1.25. The molecule has 4 rings (SSSR count). The maximum atomic E-state index is 14.8. The van der Waals surface area contributed by atoms with Gasteiger partial charge in [-0.15, -0.1) is 0 Å². The van der Waals surface area contributed by atoms with Gasteiger partial charge in [0, 0.05) is 43.3 Å². The molecule has 0 unspecified atom stereocenters. The van der Waals surface area contributed by atoms with Crippen LogP contribution in [0.4, 0.5) is 4.39 Å². The number of hydrogen-bond acceptors (Lipinski definition) is 5. The summed E-state index contributed by atoms with van der Waals surface area (Å²) in [6, 6.07) is 4.41. The average molecular weight is 440 g/mol. The molecule has 0 spiro atoms. The molecule has 0 radical (unpaired) electrons. The highest BCUT2D eigenvalue weighted by Gasteiger charge is 2.49. The standard InChI is InChI=1S/C22H31ClFN3O3/c1-16-15-26(8-13-30-16)19(20-17(23)4-2-5-18(20)24)14-25-21(28)22(6-3-7-22)27-9-11-29-12-10-27/h2,4-5,16,19H,3,6-15H2,1H3,(H,25,28)/t16-,19+/m0/s1. The summed E-state index contributed by atoms with van der Waals surface area (Å²) in [6.45, 7) is 7.11. The summed E-state index contributed by atoms with van der Waals surface area (Å²) < 4.78 is 25.9. The highest BCUT2D eigenvalue weighted by atomic mass is 35.5. The fourth-order valence-corrected chi connectivity index (χ4v) is 5.20. The first kappa shape index (κ1) is 22.0. The second-order valence-electron chi connectivity index (χ2n) is 8.52. The zero-order valence-electron chi connectivity index (χ0n) is 17.5. The highest BCUT2D eigenvalue weighted by Crippen LogP contribution is 2.39. The van der Waals surface area contributed by atoms with Crippen LogP contribution in [0.2, 0.25) is 5.02 Å². The Bertz CT molecular complexity index is 735. The molecule has 2 heterocycles. The lowest BCUT2D eigenvalue weighted by atomic mass is 9.74. The van der Waals surface area contributed by atoms with Crippen LogP contribution in [0.1, 0.15) is 37.8 Å². The number of ether oxygens (including phenoxy) is 2. The molecule has 1 aliphatic carbocycles. The Balaban J connectivity index is 1.52. The zero-order valence-corrected chi connectivity index (χ0v) is 18.3. The van der Waals surface area contributed by atoms with E-state index in [0.717, 1.165) is 32.4 Å². The number of benzene rings is 1. The molecule has 166 valence electrons. The largest absolute Gasteiger partial charge is 0.379 e. The lowest BCUT2D eigenvalue weighted by molar-refractivity contribution is -0.145. The van der Waals surface area contributed by atoms with E-state index in [-0.39, 0.29) is 23.9 Å². The van der Waals surface area contributed by atoms with Crippen LogP contribution in [0.15, 0.2) is 18.2 Å². The normalized spacial score (nSPS) is 26.0. The molecule has 6 nitrogen and oxygen atoms in total. The predicted molar refractivity (Wildman–Crippen MR) is 113 cm³/mol. The van der Waals surface area contributed by atoms with E-state index in [0.29, 0.717) is 50.0 Å². The van der Waals surface area contributed by atoms with E-state index in [2.05, 4.69) is 15.1 Å². The van der Waals surface area contributed by atoms with E-state index in [1.165, 1.54) is 6.07 Å². The Kier molecular flexibility index (Phi) is 6.95. The van der Waals surface area contributed by atoms with Crippen molar-refractivity contribution in [1.82, 2.24) is 15.1 Å². The van der Waals surface area contributed by atoms with E-state index >= 15 is 0 Å². The van der Waals surface area contributed by atoms with Crippen LogP contribution < -0.4 is 5.32 Å². The first-order valence-electron chi connectivity index (χ1n) is 10.9. The molecule has 1 amide bonds. The van der Waals surface area contributed by atoms with Crippen molar-refractivity contribution in [2.24, 2.45) is 0 Å². The van der Waals surface area contributed by atoms with Crippen LogP contribution in [0.3, 0.4) is 0 Å². The molecule has 1 N–H and O–H groups in total. The second-order valence-corrected chi connectivity index (χ2v) is 8.93. The summed E-state index contributed by atoms with van der Waals surface area (Å²) in [4.78, 5) is 17.8. The number of nitrogens with one attached hydrogen (secondary N) is 1. The van der Waals surface area contributed by atoms with Gasteiger partial charge in [-0.1, -0.05) is 17.7 Å². The first-order valence-corrected chi connectivity index (χ1v) is 11.3. The third-order valence-corrected chi connectivity index (χ3v) is 7.05. The van der Waals surface area contributed by atoms with Gasteiger partial charge in [0.15, 0.2) is 0 Å². The van der Waals surface area contributed by atoms with Gasteiger partial charge in [0.05, 0.1) is 32.0 Å². The van der Waals surface area contributed by atoms with Gasteiger partial charge < -0.3 is 14.8 Å². The quantitative estimate of drug-likeness (QED) is 0.738. The average Bonchev–Trinajstić information content (AvgIpc) is 2.70. The molecular formula is C22H31ClFN3O3. The lowest BCUT2D eigenvalue weighted by Gasteiger charge is -2.50. The van der Waals surface area contributed by atoms with Crippen LogP contribution in [0.5, 0.6) is 0 Å². The monoisotopic (exact) mass is 439 g/mol. The van der Waals surface area contributed by atoms with Gasteiger partial charge in [0.1, 0.15) is 11.4 Å². The molecule has 2 saturated heterocycles. The molecule has 0 aromatic heterocycles. The minimum Gasteiger partial charge on any atom is -0.379 e. The van der Waals surface area contributed by atoms with Crippen LogP contribution >= 0.6 is 11.6 Å². The summed E-state index contributed by atoms with van der Waals surface area (Å²) in [5, 5.41) is 3.55. The van der Waals surface area contributed by atoms with E-state index in [4.69, 9.17) is 21.1 Å². The van der Waals surface area contributed by atoms with Crippen molar-refractivity contribution in [1.29, 1.82) is 0 Å². The lowest BCUT2D eigenvalue weighted by Crippen LogP contribution is -2.65. The molecule has 30 heavy (non-hydrogen) atoms. The van der Waals surface area contributed by atoms with Crippen LogP contribution in [0, 0.1) is 5.82 Å². The number of carbonyl (C=O) groups is 1. The number of amides is 1. The molecule has 3 fully saturated rings. The van der Waals surface area contributed by atoms with E-state index in [1.807, 2.05) is 6.92 Å². The topological polar surface area (TPSA) is 54.0 Å². The van der Waals surface area contributed by atoms with Gasteiger partial charge >= 0.3 is 0 Å². The Morgan fingerprint density at radius 3 is 2.70 bits per heavy atom. The second kappa shape index (κ2) is 9.49. The van der Waals surface area contributed by atoms with Crippen molar-refractivity contribution < 1.29 is 18.7 Å². The van der Waals surface area contributed by atoms with Crippen LogP contribution in [0.25, 0.3) is 0 Å². The predicted octanol–water partition coefficient (Wildman–Crippen LogP) is 2.61. The van der Waals surface area contributed by atoms with Gasteiger partial charge in [-0.3, -0.25) is 14.6 Å². The van der Waals surface area contributed by atoms with E-state index in [9.17, 15) is 9.18 Å². The van der Waals surface area contributed by atoms with Crippen molar-refractivity contribution in [2.45, 2.75) is 43.9 Å². The number of carbonyl (C=O) groups excluding carboxylic acids is 1. The molecule has 1 saturated carbocycles. The fourth-order valence-electron chi connectivity index (χ4n) is 4.92. The van der Waals surface area contributed by atoms with Crippen molar-refractivity contribution >= 4 is 17.5 Å². The summed E-state index contributed by atoms with van der Waals surface area (Å²) in [7, 11) is 0. The van der Waals surface area contributed by atoms with Crippen LogP contribution in [-0.2, 0) is 14.3 Å². The van der Waals surface area contributed by atoms with Crippen molar-refractivity contribution in [3.63, 3.8) is 0 Å². The molecule has 0 bridgehead atoms. The minimum absolute atomic E-state index is 0.0365. The number of nitrogens with zero attached hydrogens (tertiary/aromatic N) is 2. The molecule has 1 aromatic rings. The Morgan fingerprint density at radius 1 is 1.30 bits per heavy atom. The van der Waals surface area contributed by atoms with Gasteiger partial charge in [0.25, 0.3) is 0 Å². The molecule has 2 atom stereocenters. The van der Waals surface area contributed by atoms with Gasteiger partial charge in [-0.25, -0.2) is 4.39 Å². The number of rotatable bonds is 6. The van der Waals surface area contributed by atoms with E-state index in [1.54, 1.807) is 12.1 Å². The molecular weight excluding hydrogens is 409 g/mol. The zero-order chi connectivity index (χ0) is 21.1. The number of morpholine rings is 2. The fraction of sp³-hybridized carbons (Fsp3) is 0.682. The number of halogens is 2. The molecule has 8 heteroatoms. The van der Waals surface area contributed by atoms with Crippen molar-refractivity contribution in [3.8, 4) is 0 Å². The van der Waals surface area contributed by atoms with Crippen molar-refractivity contribution in [3.05, 3.63) is 34.6 Å². The van der Waals surface area contributed by atoms with Gasteiger partial charge in [0.2, 0.25) is 5.91 Å². The third kappa shape index (κ3) is 4.36. The minimum atomic E-state index is -0.453. The SMILES string of the molecule is C[C@H]1CN([C@H](CNC(=O)C2(N3CCOCC3)CCC2)c2c(F)cccc2Cl)CCO1. The van der Waals surface area contributed by atoms with Gasteiger partial charge in [-0.05, 0) is 38.3 Å². The van der Waals surface area contributed by atoms with Crippen LogP contribution in [-0.4, -0.2) is 79.9 Å².